The number of aliphatic hydroxyl groups is 2. The van der Waals surface area contributed by atoms with E-state index in [1.807, 2.05) is 10.8 Å². The van der Waals surface area contributed by atoms with E-state index in [9.17, 15) is 19.8 Å². The first kappa shape index (κ1) is 47.4. The number of aliphatic hydroxyl groups excluding tert-OH is 2. The number of amides is 1. The fraction of sp³-hybridized carbons (Fsp3) is 0.565. The van der Waals surface area contributed by atoms with Crippen molar-refractivity contribution in [1.29, 1.82) is 0 Å². The molecule has 4 aliphatic rings. The molecule has 4 aliphatic heterocycles. The SMILES string of the molecule is CCCC1CCc2nc(C(=O)NCC(O)CN3CCc4ccccc4C3)cn2C1.CCCC1CCc2nc(C(=O)O)cn2C1.NCC(O)CN1CCc2ccccc2C1.[I-]. The maximum absolute atomic E-state index is 12.5. The highest BCUT2D eigenvalue weighted by molar-refractivity contribution is 5.92. The molecule has 6 N–H and O–H groups in total. The van der Waals surface area contributed by atoms with Crippen molar-refractivity contribution in [1.82, 2.24) is 34.2 Å². The zero-order valence-corrected chi connectivity index (χ0v) is 37.7. The van der Waals surface area contributed by atoms with Crippen molar-refractivity contribution < 1.29 is 48.9 Å². The molecule has 0 spiro atoms. The molecular weight excluding hydrogens is 871 g/mol. The van der Waals surface area contributed by atoms with Gasteiger partial charge in [-0.25, -0.2) is 14.8 Å². The number of aromatic carboxylic acids is 1. The number of β-amino-alcohol motifs (C(OH)–C–C–N with tert-alkyl or cyclic N) is 2. The van der Waals surface area contributed by atoms with Crippen molar-refractivity contribution >= 4 is 11.9 Å². The van der Waals surface area contributed by atoms with Gasteiger partial charge in [0.15, 0.2) is 5.69 Å². The van der Waals surface area contributed by atoms with Gasteiger partial charge in [-0.2, -0.15) is 0 Å². The highest BCUT2D eigenvalue weighted by Gasteiger charge is 2.24. The number of carbonyl (C=O) groups is 2. The maximum Gasteiger partial charge on any atom is 0.356 e. The topological polar surface area (TPSA) is 175 Å². The molecule has 2 aromatic heterocycles. The minimum Gasteiger partial charge on any atom is -1.00 e. The predicted molar refractivity (Wildman–Crippen MR) is 229 cm³/mol. The zero-order valence-electron chi connectivity index (χ0n) is 35.5. The summed E-state index contributed by atoms with van der Waals surface area (Å²) in [6.07, 6.45) is 13.6. The molecule has 0 bridgehead atoms. The van der Waals surface area contributed by atoms with Gasteiger partial charge in [0.25, 0.3) is 5.91 Å². The molecule has 14 heteroatoms. The van der Waals surface area contributed by atoms with Crippen LogP contribution in [0.2, 0.25) is 0 Å². The average Bonchev–Trinajstić information content (AvgIpc) is 3.88. The maximum atomic E-state index is 12.5. The van der Waals surface area contributed by atoms with Crippen LogP contribution in [0, 0.1) is 11.8 Å². The summed E-state index contributed by atoms with van der Waals surface area (Å²) >= 11 is 0. The van der Waals surface area contributed by atoms with Crippen molar-refractivity contribution in [2.24, 2.45) is 17.6 Å². The smallest absolute Gasteiger partial charge is 0.356 e. The number of aromatic nitrogens is 4. The minimum atomic E-state index is -0.927. The van der Waals surface area contributed by atoms with Crippen LogP contribution in [0.3, 0.4) is 0 Å². The van der Waals surface area contributed by atoms with Crippen molar-refractivity contribution in [2.45, 2.75) is 116 Å². The van der Waals surface area contributed by atoms with Crippen LogP contribution in [0.5, 0.6) is 0 Å². The number of fused-ring (bicyclic) bond motifs is 4. The lowest BCUT2D eigenvalue weighted by molar-refractivity contribution is -0.0000389. The first-order valence-electron chi connectivity index (χ1n) is 21.9. The number of carboxylic acid groups (broad SMARTS) is 1. The first-order valence-corrected chi connectivity index (χ1v) is 21.9. The molecule has 6 heterocycles. The minimum absolute atomic E-state index is 0. The molecule has 13 nitrogen and oxygen atoms in total. The van der Waals surface area contributed by atoms with E-state index >= 15 is 0 Å². The Labute approximate surface area is 372 Å². The molecule has 60 heavy (non-hydrogen) atoms. The molecule has 4 unspecified atom stereocenters. The lowest BCUT2D eigenvalue weighted by atomic mass is 9.95. The van der Waals surface area contributed by atoms with Crippen molar-refractivity contribution in [3.8, 4) is 0 Å². The summed E-state index contributed by atoms with van der Waals surface area (Å²) in [5.74, 6) is 2.20. The number of halogens is 1. The summed E-state index contributed by atoms with van der Waals surface area (Å²) in [6, 6.07) is 17.0. The molecule has 8 rings (SSSR count). The van der Waals surface area contributed by atoms with E-state index in [0.29, 0.717) is 37.2 Å². The highest BCUT2D eigenvalue weighted by atomic mass is 127. The summed E-state index contributed by atoms with van der Waals surface area (Å²) < 4.78 is 4.15. The molecule has 0 saturated heterocycles. The third-order valence-corrected chi connectivity index (χ3v) is 12.2. The first-order chi connectivity index (χ1) is 28.6. The Bertz CT molecular complexity index is 1970. The number of nitrogens with two attached hydrogens (primary N) is 1. The summed E-state index contributed by atoms with van der Waals surface area (Å²) in [7, 11) is 0. The molecule has 0 fully saturated rings. The number of benzene rings is 2. The number of imidazole rings is 2. The van der Waals surface area contributed by atoms with Crippen LogP contribution in [0.1, 0.15) is 107 Å². The summed E-state index contributed by atoms with van der Waals surface area (Å²) in [5, 5.41) is 31.6. The third-order valence-electron chi connectivity index (χ3n) is 12.2. The Morgan fingerprint density at radius 2 is 1.20 bits per heavy atom. The van der Waals surface area contributed by atoms with Crippen molar-refractivity contribution in [3.05, 3.63) is 106 Å². The van der Waals surface area contributed by atoms with Gasteiger partial charge in [-0.15, -0.1) is 0 Å². The van der Waals surface area contributed by atoms with E-state index in [0.717, 1.165) is 89.4 Å². The molecule has 0 saturated carbocycles. The average molecular weight is 938 g/mol. The van der Waals surface area contributed by atoms with Gasteiger partial charge >= 0.3 is 5.97 Å². The van der Waals surface area contributed by atoms with E-state index in [1.165, 1.54) is 47.9 Å². The molecule has 4 aromatic rings. The van der Waals surface area contributed by atoms with Crippen LogP contribution < -0.4 is 35.0 Å². The Balaban J connectivity index is 0.000000186. The van der Waals surface area contributed by atoms with Crippen LogP contribution in [0.15, 0.2) is 60.9 Å². The van der Waals surface area contributed by atoms with Gasteiger partial charge in [0.1, 0.15) is 17.3 Å². The summed E-state index contributed by atoms with van der Waals surface area (Å²) in [5.41, 5.74) is 11.6. The molecule has 0 radical (unpaired) electrons. The number of nitrogens with zero attached hydrogens (tertiary/aromatic N) is 6. The molecule has 0 aliphatic carbocycles. The highest BCUT2D eigenvalue weighted by Crippen LogP contribution is 2.25. The van der Waals surface area contributed by atoms with Gasteiger partial charge in [0.05, 0.1) is 12.2 Å². The second kappa shape index (κ2) is 23.5. The predicted octanol–water partition coefficient (Wildman–Crippen LogP) is 1.71. The monoisotopic (exact) mass is 937 g/mol. The fourth-order valence-electron chi connectivity index (χ4n) is 8.99. The standard InChI is InChI=1S/C23H32N4O2.C12H18N2O.C11H16N2O2.HI/c1-2-5-17-8-9-22-25-21(16-27(22)13-17)23(29)24-12-20(28)15-26-11-10-18-6-3-4-7-19(18)14-26;13-7-12(15)9-14-6-5-10-3-1-2-4-11(10)8-14;1-2-3-8-4-5-10-12-9(11(14)15)7-13(10)6-8;/h3-4,6-7,16-17,20,28H,2,5,8-15H2,1H3,(H,24,29);1-4,12,15H,5-9,13H2;7-8H,2-6H2,1H3,(H,14,15);1H/p-1. The second-order valence-corrected chi connectivity index (χ2v) is 16.8. The van der Waals surface area contributed by atoms with Crippen molar-refractivity contribution in [3.63, 3.8) is 0 Å². The van der Waals surface area contributed by atoms with Gasteiger partial charge in [-0.3, -0.25) is 14.6 Å². The van der Waals surface area contributed by atoms with E-state index in [-0.39, 0.29) is 42.1 Å². The zero-order chi connectivity index (χ0) is 41.7. The number of aryl methyl sites for hydroxylation is 2. The van der Waals surface area contributed by atoms with Crippen LogP contribution in [0.25, 0.3) is 0 Å². The second-order valence-electron chi connectivity index (χ2n) is 16.8. The van der Waals surface area contributed by atoms with Crippen LogP contribution in [-0.4, -0.2) is 108 Å². The number of hydrogen-bond donors (Lipinski definition) is 5. The Morgan fingerprint density at radius 3 is 1.68 bits per heavy atom. The van der Waals surface area contributed by atoms with Gasteiger partial charge in [-0.1, -0.05) is 75.2 Å². The van der Waals surface area contributed by atoms with Gasteiger partial charge in [0, 0.05) is 90.7 Å². The Morgan fingerprint density at radius 1 is 0.733 bits per heavy atom. The number of carboxylic acids is 1. The number of carbonyl (C=O) groups excluding carboxylic acids is 1. The Kier molecular flexibility index (Phi) is 18.6. The molecule has 328 valence electrons. The molecule has 1 amide bonds. The quantitative estimate of drug-likeness (QED) is 0.124. The number of hydrogen-bond acceptors (Lipinski definition) is 9. The van der Waals surface area contributed by atoms with Gasteiger partial charge < -0.3 is 59.5 Å². The normalized spacial score (nSPS) is 19.3. The number of nitrogens with one attached hydrogen (secondary N) is 1. The Hall–Kier alpha value is -3.67. The van der Waals surface area contributed by atoms with Crippen molar-refractivity contribution in [2.75, 3.05) is 39.3 Å². The third kappa shape index (κ3) is 13.4. The molecular formula is C46H66IN8O5-. The van der Waals surface area contributed by atoms with E-state index in [2.05, 4.69) is 92.0 Å². The van der Waals surface area contributed by atoms with Gasteiger partial charge in [0.2, 0.25) is 0 Å². The lowest BCUT2D eigenvalue weighted by Crippen LogP contribution is -3.00. The largest absolute Gasteiger partial charge is 1.00 e. The van der Waals surface area contributed by atoms with Crippen LogP contribution >= 0.6 is 0 Å². The van der Waals surface area contributed by atoms with Gasteiger partial charge in [-0.05, 0) is 72.6 Å². The fourth-order valence-corrected chi connectivity index (χ4v) is 8.99. The van der Waals surface area contributed by atoms with E-state index in [4.69, 9.17) is 10.8 Å². The van der Waals surface area contributed by atoms with E-state index in [1.54, 1.807) is 6.20 Å². The lowest BCUT2D eigenvalue weighted by Gasteiger charge is -2.30. The molecule has 2 aromatic carbocycles. The summed E-state index contributed by atoms with van der Waals surface area (Å²) in [4.78, 5) is 36.4. The van der Waals surface area contributed by atoms with Crippen LogP contribution in [-0.2, 0) is 51.9 Å². The molecule has 4 atom stereocenters. The summed E-state index contributed by atoms with van der Waals surface area (Å²) in [6.45, 7) is 11.9. The number of rotatable bonds is 13. The van der Waals surface area contributed by atoms with E-state index < -0.39 is 18.2 Å². The van der Waals surface area contributed by atoms with Crippen LogP contribution in [0.4, 0.5) is 0 Å².